The number of hydrogen-bond acceptors (Lipinski definition) is 4. The Labute approximate surface area is 130 Å². The highest BCUT2D eigenvalue weighted by molar-refractivity contribution is 5.93. The molecule has 0 radical (unpaired) electrons. The van der Waals surface area contributed by atoms with Crippen LogP contribution in [0.25, 0.3) is 0 Å². The van der Waals surface area contributed by atoms with E-state index in [2.05, 4.69) is 15.6 Å². The summed E-state index contributed by atoms with van der Waals surface area (Å²) in [6.45, 7) is 3.09. The van der Waals surface area contributed by atoms with Crippen molar-refractivity contribution in [2.75, 3.05) is 26.1 Å². The van der Waals surface area contributed by atoms with Crippen molar-refractivity contribution in [2.24, 2.45) is 4.99 Å². The number of hydrogen-bond donors (Lipinski definition) is 2. The van der Waals surface area contributed by atoms with E-state index < -0.39 is 0 Å². The van der Waals surface area contributed by atoms with Crippen LogP contribution in [-0.2, 0) is 6.54 Å². The Balaban J connectivity index is 2.01. The molecule has 0 saturated heterocycles. The summed E-state index contributed by atoms with van der Waals surface area (Å²) in [4.78, 5) is 4.18. The van der Waals surface area contributed by atoms with Crippen LogP contribution < -0.4 is 20.1 Å². The summed E-state index contributed by atoms with van der Waals surface area (Å²) in [5, 5.41) is 6.37. The lowest BCUT2D eigenvalue weighted by Gasteiger charge is -2.14. The van der Waals surface area contributed by atoms with Gasteiger partial charge in [-0.2, -0.15) is 0 Å². The minimum Gasteiger partial charge on any atom is -0.493 e. The molecule has 0 saturated carbocycles. The van der Waals surface area contributed by atoms with Crippen molar-refractivity contribution in [1.29, 1.82) is 0 Å². The number of ether oxygens (including phenoxy) is 2. The van der Waals surface area contributed by atoms with Crippen LogP contribution in [0.1, 0.15) is 12.7 Å². The molecule has 0 amide bonds. The summed E-state index contributed by atoms with van der Waals surface area (Å²) < 4.78 is 16.1. The van der Waals surface area contributed by atoms with Crippen molar-refractivity contribution in [3.05, 3.63) is 42.4 Å². The molecule has 22 heavy (non-hydrogen) atoms. The molecule has 0 unspecified atom stereocenters. The number of nitrogens with zero attached hydrogens (tertiary/aromatic N) is 1. The highest BCUT2D eigenvalue weighted by Crippen LogP contribution is 2.30. The van der Waals surface area contributed by atoms with Crippen LogP contribution in [0.2, 0.25) is 0 Å². The van der Waals surface area contributed by atoms with Gasteiger partial charge in [-0.1, -0.05) is 0 Å². The van der Waals surface area contributed by atoms with Gasteiger partial charge in [0.05, 0.1) is 26.5 Å². The fraction of sp³-hybridized carbons (Fsp3) is 0.312. The molecule has 6 nitrogen and oxygen atoms in total. The van der Waals surface area contributed by atoms with Gasteiger partial charge in [0.15, 0.2) is 17.5 Å². The molecule has 1 aromatic carbocycles. The quantitative estimate of drug-likeness (QED) is 0.634. The summed E-state index contributed by atoms with van der Waals surface area (Å²) in [7, 11) is 3.33. The average molecular weight is 303 g/mol. The van der Waals surface area contributed by atoms with Crippen LogP contribution in [0.4, 0.5) is 5.69 Å². The Morgan fingerprint density at radius 2 is 2.14 bits per heavy atom. The van der Waals surface area contributed by atoms with Crippen LogP contribution in [0.3, 0.4) is 0 Å². The molecular formula is C16H21N3O3. The second-order valence-electron chi connectivity index (χ2n) is 4.43. The number of anilines is 1. The van der Waals surface area contributed by atoms with E-state index in [1.54, 1.807) is 20.4 Å². The van der Waals surface area contributed by atoms with E-state index in [0.29, 0.717) is 30.6 Å². The zero-order valence-electron chi connectivity index (χ0n) is 13.1. The zero-order valence-corrected chi connectivity index (χ0v) is 13.1. The van der Waals surface area contributed by atoms with Crippen LogP contribution in [0.15, 0.2) is 46.0 Å². The lowest BCUT2D eigenvalue weighted by Crippen LogP contribution is -2.30. The fourth-order valence-electron chi connectivity index (χ4n) is 1.92. The summed E-state index contributed by atoms with van der Waals surface area (Å²) in [6.07, 6.45) is 1.64. The standard InChI is InChI=1S/C16H21N3O3/c1-4-21-14-8-7-12(10-15(14)20-3)19-16(17-2)18-11-13-6-5-9-22-13/h5-10H,4,11H2,1-3H3,(H2,17,18,19). The van der Waals surface area contributed by atoms with Crippen molar-refractivity contribution in [2.45, 2.75) is 13.5 Å². The topological polar surface area (TPSA) is 68.0 Å². The summed E-state index contributed by atoms with van der Waals surface area (Å²) in [5.41, 5.74) is 0.854. The van der Waals surface area contributed by atoms with E-state index >= 15 is 0 Å². The molecule has 2 N–H and O–H groups in total. The molecule has 0 spiro atoms. The van der Waals surface area contributed by atoms with Crippen LogP contribution in [0, 0.1) is 0 Å². The molecular weight excluding hydrogens is 282 g/mol. The Kier molecular flexibility index (Phi) is 5.71. The minimum atomic E-state index is 0.556. The van der Waals surface area contributed by atoms with E-state index in [1.165, 1.54) is 0 Å². The van der Waals surface area contributed by atoms with Gasteiger partial charge in [-0.15, -0.1) is 0 Å². The molecule has 6 heteroatoms. The van der Waals surface area contributed by atoms with Gasteiger partial charge in [0.25, 0.3) is 0 Å². The molecule has 2 rings (SSSR count). The zero-order chi connectivity index (χ0) is 15.8. The first-order chi connectivity index (χ1) is 10.8. The van der Waals surface area contributed by atoms with Gasteiger partial charge >= 0.3 is 0 Å². The van der Waals surface area contributed by atoms with Gasteiger partial charge in [-0.25, -0.2) is 0 Å². The molecule has 118 valence electrons. The number of aliphatic imine (C=N–C) groups is 1. The first kappa shape index (κ1) is 15.8. The summed E-state index contributed by atoms with van der Waals surface area (Å²) in [6, 6.07) is 9.40. The second-order valence-corrected chi connectivity index (χ2v) is 4.43. The molecule has 0 aliphatic carbocycles. The number of rotatable bonds is 6. The van der Waals surface area contributed by atoms with Crippen LogP contribution >= 0.6 is 0 Å². The first-order valence-corrected chi connectivity index (χ1v) is 7.07. The third-order valence-corrected chi connectivity index (χ3v) is 2.96. The van der Waals surface area contributed by atoms with Gasteiger partial charge in [0.2, 0.25) is 0 Å². The maximum absolute atomic E-state index is 5.50. The summed E-state index contributed by atoms with van der Waals surface area (Å²) in [5.74, 6) is 2.87. The Morgan fingerprint density at radius 3 is 2.77 bits per heavy atom. The highest BCUT2D eigenvalue weighted by atomic mass is 16.5. The number of furan rings is 1. The van der Waals surface area contributed by atoms with Crippen molar-refractivity contribution in [1.82, 2.24) is 5.32 Å². The number of benzene rings is 1. The molecule has 0 fully saturated rings. The van der Waals surface area contributed by atoms with E-state index in [9.17, 15) is 0 Å². The Hall–Kier alpha value is -2.63. The van der Waals surface area contributed by atoms with Gasteiger partial charge in [0.1, 0.15) is 5.76 Å². The maximum atomic E-state index is 5.50. The van der Waals surface area contributed by atoms with Crippen LogP contribution in [-0.4, -0.2) is 26.7 Å². The number of guanidine groups is 1. The largest absolute Gasteiger partial charge is 0.493 e. The van der Waals surface area contributed by atoms with Gasteiger partial charge in [-0.3, -0.25) is 4.99 Å². The molecule has 0 aliphatic heterocycles. The van der Waals surface area contributed by atoms with Crippen molar-refractivity contribution in [3.8, 4) is 11.5 Å². The monoisotopic (exact) mass is 303 g/mol. The molecule has 0 bridgehead atoms. The predicted octanol–water partition coefficient (Wildman–Crippen LogP) is 2.87. The predicted molar refractivity (Wildman–Crippen MR) is 86.7 cm³/mol. The van der Waals surface area contributed by atoms with Gasteiger partial charge in [-0.05, 0) is 31.2 Å². The second kappa shape index (κ2) is 7.97. The van der Waals surface area contributed by atoms with Gasteiger partial charge < -0.3 is 24.5 Å². The lowest BCUT2D eigenvalue weighted by atomic mass is 10.2. The minimum absolute atomic E-state index is 0.556. The average Bonchev–Trinajstić information content (AvgIpc) is 3.06. The highest BCUT2D eigenvalue weighted by Gasteiger charge is 2.07. The van der Waals surface area contributed by atoms with Crippen molar-refractivity contribution < 1.29 is 13.9 Å². The van der Waals surface area contributed by atoms with E-state index in [1.807, 2.05) is 37.3 Å². The maximum Gasteiger partial charge on any atom is 0.195 e. The van der Waals surface area contributed by atoms with E-state index in [-0.39, 0.29) is 0 Å². The fourth-order valence-corrected chi connectivity index (χ4v) is 1.92. The Bertz CT molecular complexity index is 609. The number of nitrogens with one attached hydrogen (secondary N) is 2. The molecule has 0 atom stereocenters. The SMILES string of the molecule is CCOc1ccc(NC(=NC)NCc2ccco2)cc1OC. The first-order valence-electron chi connectivity index (χ1n) is 7.07. The van der Waals surface area contributed by atoms with Gasteiger partial charge in [0, 0.05) is 18.8 Å². The summed E-state index contributed by atoms with van der Waals surface area (Å²) >= 11 is 0. The lowest BCUT2D eigenvalue weighted by molar-refractivity contribution is 0.311. The molecule has 2 aromatic rings. The third kappa shape index (κ3) is 4.18. The molecule has 1 aromatic heterocycles. The Morgan fingerprint density at radius 1 is 1.27 bits per heavy atom. The number of methoxy groups -OCH3 is 1. The molecule has 1 heterocycles. The van der Waals surface area contributed by atoms with E-state index in [0.717, 1.165) is 11.4 Å². The normalized spacial score (nSPS) is 11.1. The van der Waals surface area contributed by atoms with Crippen molar-refractivity contribution >= 4 is 11.6 Å². The molecule has 0 aliphatic rings. The van der Waals surface area contributed by atoms with Crippen molar-refractivity contribution in [3.63, 3.8) is 0 Å². The van der Waals surface area contributed by atoms with Crippen LogP contribution in [0.5, 0.6) is 11.5 Å². The van der Waals surface area contributed by atoms with E-state index in [4.69, 9.17) is 13.9 Å². The third-order valence-electron chi connectivity index (χ3n) is 2.96. The smallest absolute Gasteiger partial charge is 0.195 e.